The standard InChI is InChI=1S/C21H35NO2/c1-20-11-9-17-15(16(20)7-5-14(20)13-24-4)6-8-18-21(17,2)12-10-19(23)22(18)3/h14-18H,5-13H2,1-4H3/t14?,15-,16-,17+,18?,20+,21+/m0/s1. The van der Waals surface area contributed by atoms with Gasteiger partial charge in [-0.25, -0.2) is 0 Å². The number of amides is 1. The van der Waals surface area contributed by atoms with Gasteiger partial charge in [0, 0.05) is 33.2 Å². The third kappa shape index (κ3) is 2.15. The lowest BCUT2D eigenvalue weighted by Crippen LogP contribution is -2.61. The van der Waals surface area contributed by atoms with Crippen LogP contribution in [0.2, 0.25) is 0 Å². The van der Waals surface area contributed by atoms with E-state index >= 15 is 0 Å². The number of fused-ring (bicyclic) bond motifs is 5. The maximum atomic E-state index is 12.2. The van der Waals surface area contributed by atoms with Crippen molar-refractivity contribution < 1.29 is 9.53 Å². The van der Waals surface area contributed by atoms with E-state index in [0.29, 0.717) is 22.8 Å². The largest absolute Gasteiger partial charge is 0.384 e. The van der Waals surface area contributed by atoms with Crippen molar-refractivity contribution in [3.05, 3.63) is 0 Å². The molecule has 0 radical (unpaired) electrons. The van der Waals surface area contributed by atoms with Gasteiger partial charge >= 0.3 is 0 Å². The Kier molecular flexibility index (Phi) is 4.02. The number of ether oxygens (including phenoxy) is 1. The fourth-order valence-electron chi connectivity index (χ4n) is 7.73. The van der Waals surface area contributed by atoms with Crippen LogP contribution in [0.4, 0.5) is 0 Å². The molecule has 1 aliphatic heterocycles. The second-order valence-corrected chi connectivity index (χ2v) is 9.75. The molecule has 0 aromatic carbocycles. The molecule has 3 saturated carbocycles. The lowest BCUT2D eigenvalue weighted by atomic mass is 9.47. The van der Waals surface area contributed by atoms with Crippen molar-refractivity contribution in [2.24, 2.45) is 34.5 Å². The van der Waals surface area contributed by atoms with E-state index < -0.39 is 0 Å². The highest BCUT2D eigenvalue weighted by molar-refractivity contribution is 5.77. The van der Waals surface area contributed by atoms with Crippen molar-refractivity contribution in [2.45, 2.75) is 71.3 Å². The smallest absolute Gasteiger partial charge is 0.222 e. The van der Waals surface area contributed by atoms with Gasteiger partial charge in [-0.3, -0.25) is 4.79 Å². The topological polar surface area (TPSA) is 29.5 Å². The van der Waals surface area contributed by atoms with Gasteiger partial charge < -0.3 is 9.64 Å². The molecule has 3 heteroatoms. The quantitative estimate of drug-likeness (QED) is 0.761. The summed E-state index contributed by atoms with van der Waals surface area (Å²) in [6, 6.07) is 0.487. The third-order valence-electron chi connectivity index (χ3n) is 9.12. The molecule has 0 aromatic rings. The summed E-state index contributed by atoms with van der Waals surface area (Å²) in [5, 5.41) is 0. The second kappa shape index (κ2) is 5.72. The number of rotatable bonds is 2. The lowest BCUT2D eigenvalue weighted by Gasteiger charge is -2.61. The van der Waals surface area contributed by atoms with E-state index in [4.69, 9.17) is 4.74 Å². The summed E-state index contributed by atoms with van der Waals surface area (Å²) >= 11 is 0. The van der Waals surface area contributed by atoms with E-state index in [1.165, 1.54) is 38.5 Å². The predicted molar refractivity (Wildman–Crippen MR) is 95.5 cm³/mol. The Morgan fingerprint density at radius 2 is 1.79 bits per heavy atom. The maximum Gasteiger partial charge on any atom is 0.222 e. The summed E-state index contributed by atoms with van der Waals surface area (Å²) in [7, 11) is 3.92. The van der Waals surface area contributed by atoms with Gasteiger partial charge in [-0.2, -0.15) is 0 Å². The molecule has 0 aromatic heterocycles. The Morgan fingerprint density at radius 1 is 1.04 bits per heavy atom. The highest BCUT2D eigenvalue weighted by Gasteiger charge is 2.60. The van der Waals surface area contributed by atoms with Crippen molar-refractivity contribution in [1.82, 2.24) is 4.90 Å². The Labute approximate surface area is 147 Å². The number of hydrogen-bond donors (Lipinski definition) is 0. The van der Waals surface area contributed by atoms with E-state index in [9.17, 15) is 4.79 Å². The third-order valence-corrected chi connectivity index (χ3v) is 9.12. The van der Waals surface area contributed by atoms with Gasteiger partial charge in [-0.05, 0) is 79.4 Å². The Morgan fingerprint density at radius 3 is 2.54 bits per heavy atom. The number of piperidine rings is 1. The number of nitrogens with zero attached hydrogens (tertiary/aromatic N) is 1. The summed E-state index contributed by atoms with van der Waals surface area (Å²) in [6.45, 7) is 6.03. The number of carbonyl (C=O) groups is 1. The molecule has 0 N–H and O–H groups in total. The summed E-state index contributed by atoms with van der Waals surface area (Å²) in [5.74, 6) is 3.73. The first-order valence-electron chi connectivity index (χ1n) is 10.2. The van der Waals surface area contributed by atoms with Crippen molar-refractivity contribution in [2.75, 3.05) is 20.8 Å². The first-order chi connectivity index (χ1) is 11.4. The fourth-order valence-corrected chi connectivity index (χ4v) is 7.73. The average molecular weight is 334 g/mol. The molecule has 4 fully saturated rings. The number of carbonyl (C=O) groups excluding carboxylic acids is 1. The van der Waals surface area contributed by atoms with Gasteiger partial charge in [0.25, 0.3) is 0 Å². The molecule has 0 bridgehead atoms. The van der Waals surface area contributed by atoms with Gasteiger partial charge in [0.1, 0.15) is 0 Å². The molecule has 3 aliphatic carbocycles. The molecule has 1 saturated heterocycles. The van der Waals surface area contributed by atoms with Crippen molar-refractivity contribution in [3.8, 4) is 0 Å². The molecular weight excluding hydrogens is 298 g/mol. The van der Waals surface area contributed by atoms with Gasteiger partial charge in [-0.15, -0.1) is 0 Å². The molecule has 7 atom stereocenters. The van der Waals surface area contributed by atoms with Crippen LogP contribution in [0.5, 0.6) is 0 Å². The Hall–Kier alpha value is -0.570. The van der Waals surface area contributed by atoms with E-state index in [2.05, 4.69) is 25.8 Å². The molecule has 3 nitrogen and oxygen atoms in total. The zero-order chi connectivity index (χ0) is 17.1. The van der Waals surface area contributed by atoms with E-state index in [0.717, 1.165) is 43.1 Å². The number of likely N-dealkylation sites (tertiary alicyclic amines) is 1. The van der Waals surface area contributed by atoms with E-state index in [1.807, 2.05) is 7.11 Å². The normalized spacial score (nSPS) is 51.1. The van der Waals surface area contributed by atoms with Crippen LogP contribution in [0.1, 0.15) is 65.2 Å². The van der Waals surface area contributed by atoms with Crippen LogP contribution >= 0.6 is 0 Å². The molecule has 2 unspecified atom stereocenters. The van der Waals surface area contributed by atoms with Gasteiger partial charge in [-0.1, -0.05) is 13.8 Å². The van der Waals surface area contributed by atoms with Crippen LogP contribution in [-0.4, -0.2) is 37.6 Å². The molecular formula is C21H35NO2. The average Bonchev–Trinajstić information content (AvgIpc) is 2.89. The Balaban J connectivity index is 1.61. The molecule has 24 heavy (non-hydrogen) atoms. The molecule has 1 amide bonds. The molecule has 4 rings (SSSR count). The first-order valence-corrected chi connectivity index (χ1v) is 10.2. The predicted octanol–water partition coefficient (Wildman–Crippen LogP) is 4.11. The Bertz CT molecular complexity index is 520. The van der Waals surface area contributed by atoms with Crippen molar-refractivity contribution in [3.63, 3.8) is 0 Å². The second-order valence-electron chi connectivity index (χ2n) is 9.75. The zero-order valence-corrected chi connectivity index (χ0v) is 16.0. The minimum absolute atomic E-state index is 0.353. The van der Waals surface area contributed by atoms with E-state index in [-0.39, 0.29) is 0 Å². The van der Waals surface area contributed by atoms with Crippen LogP contribution in [0, 0.1) is 34.5 Å². The van der Waals surface area contributed by atoms with Gasteiger partial charge in [0.2, 0.25) is 5.91 Å². The van der Waals surface area contributed by atoms with Crippen LogP contribution in [-0.2, 0) is 9.53 Å². The minimum atomic E-state index is 0.353. The maximum absolute atomic E-state index is 12.2. The molecule has 136 valence electrons. The monoisotopic (exact) mass is 333 g/mol. The van der Waals surface area contributed by atoms with Gasteiger partial charge in [0.05, 0.1) is 0 Å². The molecule has 1 heterocycles. The van der Waals surface area contributed by atoms with Crippen LogP contribution < -0.4 is 0 Å². The number of methoxy groups -OCH3 is 1. The van der Waals surface area contributed by atoms with E-state index in [1.54, 1.807) is 0 Å². The summed E-state index contributed by atoms with van der Waals surface area (Å²) in [6.07, 6.45) is 9.94. The van der Waals surface area contributed by atoms with Crippen LogP contribution in [0.15, 0.2) is 0 Å². The van der Waals surface area contributed by atoms with Gasteiger partial charge in [0.15, 0.2) is 0 Å². The van der Waals surface area contributed by atoms with Crippen LogP contribution in [0.25, 0.3) is 0 Å². The highest BCUT2D eigenvalue weighted by atomic mass is 16.5. The SMILES string of the molecule is COCC1CC[C@H]2[C@@H]3CCC4N(C)C(=O)CC[C@]4(C)[C@@H]3CC[C@]12C. The highest BCUT2D eigenvalue weighted by Crippen LogP contribution is 2.66. The summed E-state index contributed by atoms with van der Waals surface area (Å²) in [4.78, 5) is 14.3. The number of hydrogen-bond acceptors (Lipinski definition) is 2. The fraction of sp³-hybridized carbons (Fsp3) is 0.952. The zero-order valence-electron chi connectivity index (χ0n) is 16.0. The lowest BCUT2D eigenvalue weighted by molar-refractivity contribution is -0.158. The summed E-state index contributed by atoms with van der Waals surface area (Å²) < 4.78 is 5.56. The molecule has 4 aliphatic rings. The van der Waals surface area contributed by atoms with Crippen molar-refractivity contribution in [1.29, 1.82) is 0 Å². The van der Waals surface area contributed by atoms with Crippen LogP contribution in [0.3, 0.4) is 0 Å². The first kappa shape index (κ1) is 16.9. The van der Waals surface area contributed by atoms with Crippen molar-refractivity contribution >= 4 is 5.91 Å². The molecule has 0 spiro atoms. The summed E-state index contributed by atoms with van der Waals surface area (Å²) in [5.41, 5.74) is 0.850. The minimum Gasteiger partial charge on any atom is -0.384 e.